The molecule has 0 aromatic carbocycles. The molecule has 1 atom stereocenters. The monoisotopic (exact) mass is 198 g/mol. The van der Waals surface area contributed by atoms with Gasteiger partial charge in [0.25, 0.3) is 0 Å². The second-order valence-corrected chi connectivity index (χ2v) is 4.87. The predicted octanol–water partition coefficient (Wildman–Crippen LogP) is 2.11. The maximum atomic E-state index is 3.46. The van der Waals surface area contributed by atoms with Gasteiger partial charge in [-0.25, -0.2) is 0 Å². The molecule has 0 amide bonds. The fraction of sp³-hybridized carbons (Fsp3) is 1.00. The lowest BCUT2D eigenvalue weighted by Crippen LogP contribution is -2.38. The van der Waals surface area contributed by atoms with E-state index in [-0.39, 0.29) is 0 Å². The van der Waals surface area contributed by atoms with E-state index in [4.69, 9.17) is 0 Å². The molecule has 0 aromatic rings. The molecule has 1 heterocycles. The zero-order valence-electron chi connectivity index (χ0n) is 10.1. The Hall–Kier alpha value is -0.0800. The van der Waals surface area contributed by atoms with E-state index >= 15 is 0 Å². The normalized spacial score (nSPS) is 22.5. The van der Waals surface area contributed by atoms with Crippen LogP contribution in [0.25, 0.3) is 0 Å². The van der Waals surface area contributed by atoms with Crippen molar-refractivity contribution in [2.45, 2.75) is 46.1 Å². The summed E-state index contributed by atoms with van der Waals surface area (Å²) in [6, 6.07) is 0.814. The average molecular weight is 198 g/mol. The Labute approximate surface area is 89.1 Å². The Balaban J connectivity index is 2.29. The molecule has 0 spiro atoms. The van der Waals surface area contributed by atoms with Crippen LogP contribution in [0.15, 0.2) is 0 Å². The maximum Gasteiger partial charge on any atom is 0.0232 e. The zero-order chi connectivity index (χ0) is 10.4. The second kappa shape index (κ2) is 6.41. The summed E-state index contributed by atoms with van der Waals surface area (Å²) in [6.07, 6.45) is 3.98. The Morgan fingerprint density at radius 2 is 2.14 bits per heavy atom. The van der Waals surface area contributed by atoms with Crippen molar-refractivity contribution in [2.24, 2.45) is 5.92 Å². The molecule has 1 aliphatic heterocycles. The molecule has 2 heteroatoms. The van der Waals surface area contributed by atoms with Crippen molar-refractivity contribution >= 4 is 0 Å². The third kappa shape index (κ3) is 3.97. The first-order valence-electron chi connectivity index (χ1n) is 6.18. The topological polar surface area (TPSA) is 15.3 Å². The minimum Gasteiger partial charge on any atom is -0.315 e. The zero-order valence-corrected chi connectivity index (χ0v) is 10.1. The van der Waals surface area contributed by atoms with Crippen LogP contribution in [0.3, 0.4) is 0 Å². The van der Waals surface area contributed by atoms with Gasteiger partial charge in [0.2, 0.25) is 0 Å². The molecule has 14 heavy (non-hydrogen) atoms. The number of nitrogens with one attached hydrogen (secondary N) is 1. The van der Waals surface area contributed by atoms with E-state index < -0.39 is 0 Å². The molecule has 0 aromatic heterocycles. The predicted molar refractivity (Wildman–Crippen MR) is 62.6 cm³/mol. The highest BCUT2D eigenvalue weighted by Gasteiger charge is 2.21. The molecule has 0 saturated carbocycles. The van der Waals surface area contributed by atoms with Gasteiger partial charge in [0.05, 0.1) is 0 Å². The highest BCUT2D eigenvalue weighted by molar-refractivity contribution is 4.80. The summed E-state index contributed by atoms with van der Waals surface area (Å²) in [6.45, 7) is 11.9. The van der Waals surface area contributed by atoms with Gasteiger partial charge >= 0.3 is 0 Å². The van der Waals surface area contributed by atoms with Gasteiger partial charge in [-0.15, -0.1) is 0 Å². The molecule has 84 valence electrons. The van der Waals surface area contributed by atoms with Gasteiger partial charge in [-0.05, 0) is 44.8 Å². The van der Waals surface area contributed by atoms with E-state index in [0.717, 1.165) is 12.0 Å². The highest BCUT2D eigenvalue weighted by atomic mass is 15.2. The van der Waals surface area contributed by atoms with Crippen molar-refractivity contribution in [1.29, 1.82) is 0 Å². The van der Waals surface area contributed by atoms with Crippen LogP contribution in [0.4, 0.5) is 0 Å². The van der Waals surface area contributed by atoms with E-state index in [0.29, 0.717) is 0 Å². The molecule has 1 saturated heterocycles. The molecule has 0 bridgehead atoms. The van der Waals surface area contributed by atoms with Crippen LogP contribution >= 0.6 is 0 Å². The van der Waals surface area contributed by atoms with E-state index in [1.807, 2.05) is 0 Å². The van der Waals surface area contributed by atoms with Crippen molar-refractivity contribution in [2.75, 3.05) is 26.2 Å². The molecule has 1 aliphatic rings. The lowest BCUT2D eigenvalue weighted by Gasteiger charge is -2.28. The van der Waals surface area contributed by atoms with Crippen LogP contribution in [0.1, 0.15) is 40.0 Å². The van der Waals surface area contributed by atoms with Crippen LogP contribution in [0.5, 0.6) is 0 Å². The van der Waals surface area contributed by atoms with Crippen LogP contribution in [-0.4, -0.2) is 37.1 Å². The average Bonchev–Trinajstić information content (AvgIpc) is 2.64. The molecule has 1 fully saturated rings. The number of hydrogen-bond acceptors (Lipinski definition) is 2. The Bertz CT molecular complexity index is 139. The summed E-state index contributed by atoms with van der Waals surface area (Å²) in [5, 5.41) is 3.46. The van der Waals surface area contributed by atoms with Gasteiger partial charge in [-0.1, -0.05) is 20.8 Å². The Morgan fingerprint density at radius 1 is 1.36 bits per heavy atom. The Kier molecular flexibility index (Phi) is 5.49. The summed E-state index contributed by atoms with van der Waals surface area (Å²) in [5.41, 5.74) is 0. The van der Waals surface area contributed by atoms with Crippen LogP contribution in [0.2, 0.25) is 0 Å². The van der Waals surface area contributed by atoms with Crippen LogP contribution in [0, 0.1) is 5.92 Å². The van der Waals surface area contributed by atoms with Gasteiger partial charge < -0.3 is 5.32 Å². The van der Waals surface area contributed by atoms with Gasteiger partial charge in [0.15, 0.2) is 0 Å². The quantitative estimate of drug-likeness (QED) is 0.703. The van der Waals surface area contributed by atoms with Crippen LogP contribution < -0.4 is 5.32 Å². The number of hydrogen-bond donors (Lipinski definition) is 1. The SMILES string of the molecule is CCCN(CCC(C)C)C1CCNC1. The summed E-state index contributed by atoms with van der Waals surface area (Å²) in [4.78, 5) is 2.68. The molecule has 1 unspecified atom stereocenters. The summed E-state index contributed by atoms with van der Waals surface area (Å²) >= 11 is 0. The first-order chi connectivity index (χ1) is 6.74. The Morgan fingerprint density at radius 3 is 2.64 bits per heavy atom. The summed E-state index contributed by atoms with van der Waals surface area (Å²) in [5.74, 6) is 0.837. The lowest BCUT2D eigenvalue weighted by atomic mass is 10.1. The highest BCUT2D eigenvalue weighted by Crippen LogP contribution is 2.11. The van der Waals surface area contributed by atoms with Crippen molar-refractivity contribution < 1.29 is 0 Å². The number of nitrogens with zero attached hydrogens (tertiary/aromatic N) is 1. The molecule has 0 radical (unpaired) electrons. The third-order valence-electron chi connectivity index (χ3n) is 3.06. The fourth-order valence-electron chi connectivity index (χ4n) is 2.14. The van der Waals surface area contributed by atoms with Gasteiger partial charge in [-0.2, -0.15) is 0 Å². The van der Waals surface area contributed by atoms with E-state index in [1.54, 1.807) is 0 Å². The molecule has 2 nitrogen and oxygen atoms in total. The lowest BCUT2D eigenvalue weighted by molar-refractivity contribution is 0.197. The molecule has 1 N–H and O–H groups in total. The largest absolute Gasteiger partial charge is 0.315 e. The molecule has 1 rings (SSSR count). The van der Waals surface area contributed by atoms with Gasteiger partial charge in [-0.3, -0.25) is 4.90 Å². The molecular weight excluding hydrogens is 172 g/mol. The van der Waals surface area contributed by atoms with Gasteiger partial charge in [0.1, 0.15) is 0 Å². The minimum atomic E-state index is 0.814. The van der Waals surface area contributed by atoms with Crippen molar-refractivity contribution in [3.05, 3.63) is 0 Å². The number of rotatable bonds is 6. The van der Waals surface area contributed by atoms with Crippen LogP contribution in [-0.2, 0) is 0 Å². The van der Waals surface area contributed by atoms with Gasteiger partial charge in [0, 0.05) is 12.6 Å². The minimum absolute atomic E-state index is 0.814. The molecular formula is C12H26N2. The fourth-order valence-corrected chi connectivity index (χ4v) is 2.14. The van der Waals surface area contributed by atoms with Crippen molar-refractivity contribution in [1.82, 2.24) is 10.2 Å². The second-order valence-electron chi connectivity index (χ2n) is 4.87. The van der Waals surface area contributed by atoms with E-state index in [9.17, 15) is 0 Å². The standard InChI is InChI=1S/C12H26N2/c1-4-8-14(9-6-11(2)3)12-5-7-13-10-12/h11-13H,4-10H2,1-3H3. The first kappa shape index (κ1) is 12.0. The van der Waals surface area contributed by atoms with Crippen molar-refractivity contribution in [3.8, 4) is 0 Å². The molecule has 0 aliphatic carbocycles. The van der Waals surface area contributed by atoms with E-state index in [2.05, 4.69) is 31.0 Å². The third-order valence-corrected chi connectivity index (χ3v) is 3.06. The maximum absolute atomic E-state index is 3.46. The first-order valence-corrected chi connectivity index (χ1v) is 6.18. The van der Waals surface area contributed by atoms with E-state index in [1.165, 1.54) is 45.4 Å². The van der Waals surface area contributed by atoms with Crippen molar-refractivity contribution in [3.63, 3.8) is 0 Å². The summed E-state index contributed by atoms with van der Waals surface area (Å²) in [7, 11) is 0. The smallest absolute Gasteiger partial charge is 0.0232 e. The summed E-state index contributed by atoms with van der Waals surface area (Å²) < 4.78 is 0.